The van der Waals surface area contributed by atoms with Gasteiger partial charge in [0.05, 0.1) is 12.6 Å². The van der Waals surface area contributed by atoms with Crippen LogP contribution in [0.3, 0.4) is 0 Å². The molecule has 4 aliphatic carbocycles. The van der Waals surface area contributed by atoms with Gasteiger partial charge in [0.2, 0.25) is 5.91 Å². The Morgan fingerprint density at radius 1 is 0.906 bits per heavy atom. The highest BCUT2D eigenvalue weighted by Gasteiger charge is 2.60. The number of hydrogen-bond acceptors (Lipinski definition) is 4. The van der Waals surface area contributed by atoms with E-state index in [4.69, 9.17) is 5.73 Å². The number of piperazine rings is 1. The first-order valence-electron chi connectivity index (χ1n) is 12.7. The number of aliphatic hydroxyl groups is 1. The molecule has 0 bridgehead atoms. The molecule has 3 unspecified atom stereocenters. The van der Waals surface area contributed by atoms with Crippen LogP contribution < -0.4 is 5.73 Å². The minimum absolute atomic E-state index is 0. The molecule has 0 aromatic heterocycles. The third-order valence-electron chi connectivity index (χ3n) is 10.8. The monoisotopic (exact) mass is 489 g/mol. The maximum Gasteiger partial charge on any atom is 0.231 e. The minimum Gasteiger partial charge on any atom is -0.393 e. The van der Waals surface area contributed by atoms with Crippen molar-refractivity contribution >= 4 is 30.7 Å². The number of carbonyl (C=O) groups is 1. The van der Waals surface area contributed by atoms with Crippen LogP contribution >= 0.6 is 24.8 Å². The fourth-order valence-electron chi connectivity index (χ4n) is 9.26. The van der Waals surface area contributed by atoms with Gasteiger partial charge in [-0.2, -0.15) is 0 Å². The predicted molar refractivity (Wildman–Crippen MR) is 133 cm³/mol. The van der Waals surface area contributed by atoms with Crippen molar-refractivity contribution < 1.29 is 9.90 Å². The Bertz CT molecular complexity index is 674. The van der Waals surface area contributed by atoms with Gasteiger partial charge in [0, 0.05) is 32.2 Å². The Kier molecular flexibility index (Phi) is 8.20. The molecule has 3 N–H and O–H groups in total. The summed E-state index contributed by atoms with van der Waals surface area (Å²) in [5, 5.41) is 10.3. The number of primary amides is 1. The van der Waals surface area contributed by atoms with Gasteiger partial charge in [0.15, 0.2) is 0 Å². The number of hydrogen-bond donors (Lipinski definition) is 2. The summed E-state index contributed by atoms with van der Waals surface area (Å²) >= 11 is 0. The zero-order chi connectivity index (χ0) is 21.1. The largest absolute Gasteiger partial charge is 0.393 e. The first-order chi connectivity index (χ1) is 14.3. The molecule has 5 fully saturated rings. The van der Waals surface area contributed by atoms with Crippen molar-refractivity contribution in [1.82, 2.24) is 9.80 Å². The zero-order valence-corrected chi connectivity index (χ0v) is 21.6. The van der Waals surface area contributed by atoms with E-state index in [0.717, 1.165) is 68.7 Å². The van der Waals surface area contributed by atoms with E-state index in [2.05, 4.69) is 23.6 Å². The van der Waals surface area contributed by atoms with E-state index >= 15 is 0 Å². The van der Waals surface area contributed by atoms with Crippen LogP contribution in [0.5, 0.6) is 0 Å². The van der Waals surface area contributed by atoms with Crippen molar-refractivity contribution in [3.63, 3.8) is 0 Å². The minimum atomic E-state index is -0.200. The number of rotatable bonds is 3. The van der Waals surface area contributed by atoms with Crippen LogP contribution in [0, 0.1) is 34.5 Å². The average Bonchev–Trinajstić information content (AvgIpc) is 3.06. The van der Waals surface area contributed by atoms with Gasteiger partial charge in [-0.05, 0) is 92.3 Å². The number of aliphatic hydroxyl groups excluding tert-OH is 1. The fourth-order valence-corrected chi connectivity index (χ4v) is 9.26. The molecule has 1 heterocycles. The molecule has 186 valence electrons. The average molecular weight is 491 g/mol. The van der Waals surface area contributed by atoms with Crippen LogP contribution in [0.25, 0.3) is 0 Å². The van der Waals surface area contributed by atoms with Crippen molar-refractivity contribution in [3.05, 3.63) is 0 Å². The number of amides is 1. The number of fused-ring (bicyclic) bond motifs is 5. The van der Waals surface area contributed by atoms with Crippen LogP contribution in [-0.4, -0.2) is 65.7 Å². The Morgan fingerprint density at radius 2 is 1.56 bits per heavy atom. The summed E-state index contributed by atoms with van der Waals surface area (Å²) < 4.78 is 0. The zero-order valence-electron chi connectivity index (χ0n) is 20.0. The number of nitrogens with zero attached hydrogens (tertiary/aromatic N) is 2. The molecule has 5 rings (SSSR count). The molecule has 32 heavy (non-hydrogen) atoms. The first kappa shape index (κ1) is 26.5. The topological polar surface area (TPSA) is 69.8 Å². The van der Waals surface area contributed by atoms with Gasteiger partial charge in [-0.15, -0.1) is 24.8 Å². The van der Waals surface area contributed by atoms with Crippen molar-refractivity contribution in [2.24, 2.45) is 40.2 Å². The van der Waals surface area contributed by atoms with Gasteiger partial charge in [0.25, 0.3) is 0 Å². The predicted octanol–water partition coefficient (Wildman–Crippen LogP) is 3.71. The van der Waals surface area contributed by atoms with E-state index in [-0.39, 0.29) is 36.8 Å². The molecule has 0 spiro atoms. The molecule has 0 aromatic rings. The van der Waals surface area contributed by atoms with Gasteiger partial charge < -0.3 is 10.8 Å². The van der Waals surface area contributed by atoms with E-state index in [9.17, 15) is 9.90 Å². The molecule has 0 radical (unpaired) electrons. The highest BCUT2D eigenvalue weighted by Crippen LogP contribution is 2.66. The van der Waals surface area contributed by atoms with E-state index in [1.54, 1.807) is 0 Å². The van der Waals surface area contributed by atoms with E-state index in [1.165, 1.54) is 44.9 Å². The molecular formula is C25H45Cl2N3O2. The fraction of sp³-hybridized carbons (Fsp3) is 0.960. The van der Waals surface area contributed by atoms with Crippen LogP contribution in [0.4, 0.5) is 0 Å². The van der Waals surface area contributed by atoms with Crippen molar-refractivity contribution in [3.8, 4) is 0 Å². The summed E-state index contributed by atoms with van der Waals surface area (Å²) in [6, 6.07) is 0.720. The lowest BCUT2D eigenvalue weighted by Crippen LogP contribution is -2.58. The SMILES string of the molecule is C[C@]12CCC3C(CC[C@H]4C[C@@H](O)CC[C@]34C)C1CC[C@@H]2N1CCN(CC(N)=O)CC1.Cl.Cl. The lowest BCUT2D eigenvalue weighted by molar-refractivity contribution is -0.130. The van der Waals surface area contributed by atoms with Gasteiger partial charge in [-0.3, -0.25) is 14.6 Å². The summed E-state index contributed by atoms with van der Waals surface area (Å²) in [6.07, 6.45) is 11.6. The first-order valence-corrected chi connectivity index (χ1v) is 12.7. The summed E-state index contributed by atoms with van der Waals surface area (Å²) in [5.41, 5.74) is 6.34. The summed E-state index contributed by atoms with van der Waals surface area (Å²) in [5.74, 6) is 3.22. The lowest BCUT2D eigenvalue weighted by atomic mass is 9.45. The summed E-state index contributed by atoms with van der Waals surface area (Å²) in [6.45, 7) is 9.77. The molecule has 5 aliphatic rings. The maximum absolute atomic E-state index is 11.3. The van der Waals surface area contributed by atoms with Crippen LogP contribution in [-0.2, 0) is 4.79 Å². The Morgan fingerprint density at radius 3 is 2.25 bits per heavy atom. The van der Waals surface area contributed by atoms with E-state index < -0.39 is 0 Å². The second-order valence-corrected chi connectivity index (χ2v) is 12.0. The third kappa shape index (κ3) is 4.34. The third-order valence-corrected chi connectivity index (χ3v) is 10.8. The van der Waals surface area contributed by atoms with Gasteiger partial charge in [0.1, 0.15) is 0 Å². The summed E-state index contributed by atoms with van der Waals surface area (Å²) in [4.78, 5) is 16.3. The van der Waals surface area contributed by atoms with Crippen molar-refractivity contribution in [2.75, 3.05) is 32.7 Å². The molecule has 7 heteroatoms. The summed E-state index contributed by atoms with van der Waals surface area (Å²) in [7, 11) is 0. The van der Waals surface area contributed by atoms with Crippen molar-refractivity contribution in [1.29, 1.82) is 0 Å². The van der Waals surface area contributed by atoms with Crippen LogP contribution in [0.15, 0.2) is 0 Å². The Hall–Kier alpha value is -0.0700. The quantitative estimate of drug-likeness (QED) is 0.633. The number of carbonyl (C=O) groups excluding carboxylic acids is 1. The number of nitrogens with two attached hydrogens (primary N) is 1. The highest BCUT2D eigenvalue weighted by molar-refractivity contribution is 5.85. The lowest BCUT2D eigenvalue weighted by Gasteiger charge is -2.61. The maximum atomic E-state index is 11.3. The second kappa shape index (κ2) is 9.89. The Balaban J connectivity index is 0.00000144. The normalized spacial score (nSPS) is 46.7. The molecule has 1 aliphatic heterocycles. The second-order valence-electron chi connectivity index (χ2n) is 12.0. The number of halogens is 2. The smallest absolute Gasteiger partial charge is 0.231 e. The highest BCUT2D eigenvalue weighted by atomic mass is 35.5. The molecule has 4 saturated carbocycles. The standard InChI is InChI=1S/C25H43N3O2.2ClH/c1-24-9-7-18(29)15-17(24)3-4-19-20-5-6-22(25(20,2)10-8-21(19)24)28-13-11-27(12-14-28)16-23(26)30;;/h17-22,29H,3-16H2,1-2H3,(H2,26,30);2*1H/t17-,18-,19?,20?,21?,22-,24-,25-;;/m0../s1. The molecular weight excluding hydrogens is 445 g/mol. The van der Waals surface area contributed by atoms with Crippen LogP contribution in [0.1, 0.15) is 71.6 Å². The van der Waals surface area contributed by atoms with Gasteiger partial charge in [-0.1, -0.05) is 13.8 Å². The molecule has 5 nitrogen and oxygen atoms in total. The molecule has 0 aromatic carbocycles. The molecule has 1 saturated heterocycles. The van der Waals surface area contributed by atoms with E-state index in [1.807, 2.05) is 0 Å². The van der Waals surface area contributed by atoms with E-state index in [0.29, 0.717) is 17.4 Å². The Labute approximate surface area is 207 Å². The van der Waals surface area contributed by atoms with Crippen LogP contribution in [0.2, 0.25) is 0 Å². The van der Waals surface area contributed by atoms with Gasteiger partial charge in [-0.25, -0.2) is 0 Å². The van der Waals surface area contributed by atoms with Crippen molar-refractivity contribution in [2.45, 2.75) is 83.8 Å². The van der Waals surface area contributed by atoms with Gasteiger partial charge >= 0.3 is 0 Å². The molecule has 1 amide bonds. The molecule has 8 atom stereocenters.